The highest BCUT2D eigenvalue weighted by atomic mass is 14.2. The van der Waals surface area contributed by atoms with Gasteiger partial charge in [-0.1, -0.05) is 176 Å². The summed E-state index contributed by atoms with van der Waals surface area (Å²) in [7, 11) is 0. The summed E-state index contributed by atoms with van der Waals surface area (Å²) in [5.41, 5.74) is 12.3. The monoisotopic (exact) mass is 608 g/mol. The third-order valence-electron chi connectivity index (χ3n) is 9.65. The van der Waals surface area contributed by atoms with Gasteiger partial charge in [0.05, 0.1) is 0 Å². The Morgan fingerprint density at radius 3 is 1.35 bits per heavy atom. The Bertz CT molecular complexity index is 2580. The third kappa shape index (κ3) is 4.96. The van der Waals surface area contributed by atoms with E-state index in [1.54, 1.807) is 0 Å². The van der Waals surface area contributed by atoms with Crippen molar-refractivity contribution in [2.75, 3.05) is 0 Å². The lowest BCUT2D eigenvalue weighted by Gasteiger charge is -2.19. The molecular weight excluding hydrogens is 577 g/mol. The first-order valence-electron chi connectivity index (χ1n) is 16.6. The summed E-state index contributed by atoms with van der Waals surface area (Å²) < 4.78 is 0. The number of fused-ring (bicyclic) bond motifs is 3. The minimum atomic E-state index is 1.22. The fourth-order valence-electron chi connectivity index (χ4n) is 7.29. The molecule has 0 heteroatoms. The lowest BCUT2D eigenvalue weighted by Crippen LogP contribution is -1.92. The fourth-order valence-corrected chi connectivity index (χ4v) is 7.29. The molecule has 0 heterocycles. The van der Waals surface area contributed by atoms with Gasteiger partial charge in [0.2, 0.25) is 0 Å². The Kier molecular flexibility index (Phi) is 6.91. The molecule has 0 saturated heterocycles. The van der Waals surface area contributed by atoms with E-state index in [0.717, 1.165) is 0 Å². The topological polar surface area (TPSA) is 0 Å². The molecule has 0 nitrogen and oxygen atoms in total. The first-order valence-corrected chi connectivity index (χ1v) is 16.6. The molecule has 0 aliphatic heterocycles. The van der Waals surface area contributed by atoms with Gasteiger partial charge in [-0.15, -0.1) is 0 Å². The zero-order valence-electron chi connectivity index (χ0n) is 26.5. The molecule has 9 rings (SSSR count). The Morgan fingerprint density at radius 2 is 0.625 bits per heavy atom. The lowest BCUT2D eigenvalue weighted by atomic mass is 9.84. The van der Waals surface area contributed by atoms with E-state index in [0.29, 0.717) is 0 Å². The average Bonchev–Trinajstić information content (AvgIpc) is 3.17. The lowest BCUT2D eigenvalue weighted by molar-refractivity contribution is 1.60. The number of hydrogen-bond acceptors (Lipinski definition) is 0. The second kappa shape index (κ2) is 11.8. The molecule has 9 aromatic carbocycles. The highest BCUT2D eigenvalue weighted by Gasteiger charge is 2.18. The molecule has 0 bridgehead atoms. The van der Waals surface area contributed by atoms with Crippen LogP contribution in [-0.4, -0.2) is 0 Å². The van der Waals surface area contributed by atoms with E-state index >= 15 is 0 Å². The summed E-state index contributed by atoms with van der Waals surface area (Å²) in [6.07, 6.45) is 0. The van der Waals surface area contributed by atoms with Crippen LogP contribution in [0.4, 0.5) is 0 Å². The van der Waals surface area contributed by atoms with Gasteiger partial charge in [0.1, 0.15) is 0 Å². The second-order valence-electron chi connectivity index (χ2n) is 12.5. The van der Waals surface area contributed by atoms with Crippen molar-refractivity contribution in [3.8, 4) is 55.6 Å². The van der Waals surface area contributed by atoms with Crippen LogP contribution in [0.25, 0.3) is 88.0 Å². The number of hydrogen-bond donors (Lipinski definition) is 0. The van der Waals surface area contributed by atoms with Crippen LogP contribution < -0.4 is 0 Å². The number of rotatable bonds is 5. The third-order valence-corrected chi connectivity index (χ3v) is 9.65. The highest BCUT2D eigenvalue weighted by molar-refractivity contribution is 6.22. The van der Waals surface area contributed by atoms with Crippen LogP contribution >= 0.6 is 0 Å². The maximum atomic E-state index is 2.40. The van der Waals surface area contributed by atoms with Crippen molar-refractivity contribution in [1.82, 2.24) is 0 Å². The Hall–Kier alpha value is -6.24. The zero-order valence-corrected chi connectivity index (χ0v) is 26.5. The van der Waals surface area contributed by atoms with Crippen molar-refractivity contribution in [1.29, 1.82) is 0 Å². The van der Waals surface area contributed by atoms with Gasteiger partial charge in [0, 0.05) is 0 Å². The summed E-state index contributed by atoms with van der Waals surface area (Å²) in [6.45, 7) is 0. The van der Waals surface area contributed by atoms with Crippen LogP contribution in [0.15, 0.2) is 194 Å². The van der Waals surface area contributed by atoms with Crippen LogP contribution in [0.3, 0.4) is 0 Å². The van der Waals surface area contributed by atoms with Crippen molar-refractivity contribution < 1.29 is 0 Å². The SMILES string of the molecule is c1ccc(-c2ccc(-c3c4ccccc4c(-c4cccc(-c5ccc6ccccc6c5)c4)c4cc(-c5ccccc5)ccc34)cc2)cc1. The van der Waals surface area contributed by atoms with Crippen LogP contribution in [-0.2, 0) is 0 Å². The summed E-state index contributed by atoms with van der Waals surface area (Å²) in [6, 6.07) is 70.8. The van der Waals surface area contributed by atoms with Gasteiger partial charge < -0.3 is 0 Å². The van der Waals surface area contributed by atoms with Gasteiger partial charge in [-0.05, 0) is 106 Å². The molecule has 0 aliphatic rings. The maximum Gasteiger partial charge on any atom is -0.00259 e. The summed E-state index contributed by atoms with van der Waals surface area (Å²) in [4.78, 5) is 0. The summed E-state index contributed by atoms with van der Waals surface area (Å²) >= 11 is 0. The normalized spacial score (nSPS) is 11.3. The molecule has 0 N–H and O–H groups in total. The zero-order chi connectivity index (χ0) is 31.9. The molecule has 0 saturated carbocycles. The summed E-state index contributed by atoms with van der Waals surface area (Å²) in [5.74, 6) is 0. The van der Waals surface area contributed by atoms with Crippen molar-refractivity contribution >= 4 is 32.3 Å². The Balaban J connectivity index is 1.30. The van der Waals surface area contributed by atoms with Crippen molar-refractivity contribution in [3.05, 3.63) is 194 Å². The van der Waals surface area contributed by atoms with Gasteiger partial charge in [-0.25, -0.2) is 0 Å². The maximum absolute atomic E-state index is 2.40. The largest absolute Gasteiger partial charge is 0.0622 e. The molecular formula is C48H32. The molecule has 9 aromatic rings. The molecule has 0 atom stereocenters. The molecule has 0 spiro atoms. The molecule has 0 aromatic heterocycles. The van der Waals surface area contributed by atoms with Gasteiger partial charge in [-0.3, -0.25) is 0 Å². The predicted molar refractivity (Wildman–Crippen MR) is 206 cm³/mol. The van der Waals surface area contributed by atoms with Crippen molar-refractivity contribution in [2.24, 2.45) is 0 Å². The van der Waals surface area contributed by atoms with Gasteiger partial charge >= 0.3 is 0 Å². The minimum absolute atomic E-state index is 1.22. The average molecular weight is 609 g/mol. The first-order chi connectivity index (χ1) is 23.8. The number of benzene rings is 9. The first kappa shape index (κ1) is 28.0. The minimum Gasteiger partial charge on any atom is -0.0622 e. The van der Waals surface area contributed by atoms with Crippen molar-refractivity contribution in [2.45, 2.75) is 0 Å². The van der Waals surface area contributed by atoms with Crippen molar-refractivity contribution in [3.63, 3.8) is 0 Å². The molecule has 224 valence electrons. The smallest absolute Gasteiger partial charge is 0.00259 e. The van der Waals surface area contributed by atoms with E-state index in [1.165, 1.54) is 88.0 Å². The van der Waals surface area contributed by atoms with Gasteiger partial charge in [-0.2, -0.15) is 0 Å². The van der Waals surface area contributed by atoms with E-state index in [1.807, 2.05) is 0 Å². The molecule has 0 unspecified atom stereocenters. The quantitative estimate of drug-likeness (QED) is 0.171. The van der Waals surface area contributed by atoms with Gasteiger partial charge in [0.25, 0.3) is 0 Å². The van der Waals surface area contributed by atoms with E-state index in [-0.39, 0.29) is 0 Å². The highest BCUT2D eigenvalue weighted by Crippen LogP contribution is 2.45. The Labute approximate surface area is 281 Å². The van der Waals surface area contributed by atoms with Crippen LogP contribution in [0.1, 0.15) is 0 Å². The molecule has 0 amide bonds. The van der Waals surface area contributed by atoms with Crippen LogP contribution in [0.2, 0.25) is 0 Å². The van der Waals surface area contributed by atoms with Crippen LogP contribution in [0.5, 0.6) is 0 Å². The summed E-state index contributed by atoms with van der Waals surface area (Å²) in [5, 5.41) is 7.55. The second-order valence-corrected chi connectivity index (χ2v) is 12.5. The Morgan fingerprint density at radius 1 is 0.188 bits per heavy atom. The van der Waals surface area contributed by atoms with E-state index in [4.69, 9.17) is 0 Å². The van der Waals surface area contributed by atoms with Gasteiger partial charge in [0.15, 0.2) is 0 Å². The van der Waals surface area contributed by atoms with E-state index < -0.39 is 0 Å². The predicted octanol–water partition coefficient (Wildman–Crippen LogP) is 13.5. The van der Waals surface area contributed by atoms with Crippen LogP contribution in [0, 0.1) is 0 Å². The fraction of sp³-hybridized carbons (Fsp3) is 0. The molecule has 0 aliphatic carbocycles. The van der Waals surface area contributed by atoms with E-state index in [2.05, 4.69) is 194 Å². The molecule has 48 heavy (non-hydrogen) atoms. The standard InChI is InChI=1S/C48H32/c1-3-12-33(13-4-1)36-22-25-37(26-23-36)47-43-20-9-10-21-44(43)48(46-32-41(28-29-45(46)47)34-14-5-2-6-15-34)42-19-11-18-39(31-42)40-27-24-35-16-7-8-17-38(35)30-40/h1-32H. The van der Waals surface area contributed by atoms with E-state index in [9.17, 15) is 0 Å². The molecule has 0 radical (unpaired) electrons. The molecule has 0 fully saturated rings.